The lowest BCUT2D eigenvalue weighted by Gasteiger charge is -2.32. The molecule has 0 amide bonds. The van der Waals surface area contributed by atoms with Crippen molar-refractivity contribution < 1.29 is 17.7 Å². The van der Waals surface area contributed by atoms with Gasteiger partial charge in [-0.2, -0.15) is 0 Å². The number of benzene rings is 1. The highest BCUT2D eigenvalue weighted by Crippen LogP contribution is 2.36. The van der Waals surface area contributed by atoms with Crippen molar-refractivity contribution in [2.75, 3.05) is 0 Å². The Hall–Kier alpha value is -0.885. The van der Waals surface area contributed by atoms with Gasteiger partial charge in [0, 0.05) is 0 Å². The van der Waals surface area contributed by atoms with Crippen LogP contribution in [0.4, 0.5) is 0 Å². The molecule has 1 aliphatic rings. The number of nitrogens with two attached hydrogens (primary N) is 1. The Morgan fingerprint density at radius 2 is 1.50 bits per heavy atom. The van der Waals surface area contributed by atoms with E-state index in [0.717, 1.165) is 5.46 Å². The van der Waals surface area contributed by atoms with E-state index in [1.165, 1.54) is 0 Å². The average Bonchev–Trinajstić information content (AvgIpc) is 2.47. The Morgan fingerprint density at radius 3 is 1.90 bits per heavy atom. The van der Waals surface area contributed by atoms with Crippen molar-refractivity contribution >= 4 is 22.6 Å². The first-order valence-electron chi connectivity index (χ1n) is 6.45. The van der Waals surface area contributed by atoms with Gasteiger partial charge in [0.15, 0.2) is 0 Å². The van der Waals surface area contributed by atoms with Crippen molar-refractivity contribution in [2.24, 2.45) is 5.14 Å². The van der Waals surface area contributed by atoms with Gasteiger partial charge in [-0.3, -0.25) is 0 Å². The zero-order valence-corrected chi connectivity index (χ0v) is 13.0. The molecule has 0 atom stereocenters. The summed E-state index contributed by atoms with van der Waals surface area (Å²) in [5.74, 6) is -0.170. The van der Waals surface area contributed by atoms with E-state index in [0.29, 0.717) is 5.56 Å². The van der Waals surface area contributed by atoms with E-state index in [1.807, 2.05) is 39.8 Å². The molecule has 0 bridgehead atoms. The van der Waals surface area contributed by atoms with Gasteiger partial charge in [0.2, 0.25) is 10.0 Å². The van der Waals surface area contributed by atoms with Crippen molar-refractivity contribution in [3.8, 4) is 0 Å². The zero-order valence-electron chi connectivity index (χ0n) is 12.2. The first-order chi connectivity index (χ1) is 9.00. The third-order valence-corrected chi connectivity index (χ3v) is 4.61. The molecule has 1 fully saturated rings. The minimum atomic E-state index is -3.51. The normalized spacial score (nSPS) is 21.1. The predicted octanol–water partition coefficient (Wildman–Crippen LogP) is 0.774. The molecule has 0 radical (unpaired) electrons. The molecule has 5 nitrogen and oxygen atoms in total. The van der Waals surface area contributed by atoms with Gasteiger partial charge in [-0.05, 0) is 38.7 Å². The average molecular weight is 297 g/mol. The SMILES string of the molecule is CC1(C)OB(c2ccc(CS(N)(=O)=O)cc2)OC1(C)C. The fourth-order valence-corrected chi connectivity index (χ4v) is 2.64. The van der Waals surface area contributed by atoms with Crippen LogP contribution in [0.3, 0.4) is 0 Å². The second-order valence-electron chi connectivity index (χ2n) is 6.14. The largest absolute Gasteiger partial charge is 0.494 e. The summed E-state index contributed by atoms with van der Waals surface area (Å²) in [5, 5.41) is 5.02. The van der Waals surface area contributed by atoms with Crippen molar-refractivity contribution in [1.82, 2.24) is 0 Å². The number of rotatable bonds is 3. The molecule has 1 heterocycles. The zero-order chi connectivity index (χ0) is 15.2. The smallest absolute Gasteiger partial charge is 0.399 e. The van der Waals surface area contributed by atoms with E-state index in [-0.39, 0.29) is 5.75 Å². The first-order valence-corrected chi connectivity index (χ1v) is 8.17. The van der Waals surface area contributed by atoms with Crippen molar-refractivity contribution in [3.63, 3.8) is 0 Å². The lowest BCUT2D eigenvalue weighted by atomic mass is 9.79. The molecular weight excluding hydrogens is 277 g/mol. The molecule has 1 aromatic carbocycles. The molecule has 0 unspecified atom stereocenters. The molecule has 1 aromatic rings. The summed E-state index contributed by atoms with van der Waals surface area (Å²) in [6.07, 6.45) is 0. The Bertz CT molecular complexity index is 579. The van der Waals surface area contributed by atoms with Crippen molar-refractivity contribution in [2.45, 2.75) is 44.6 Å². The Labute approximate surface area is 120 Å². The maximum absolute atomic E-state index is 11.0. The maximum Gasteiger partial charge on any atom is 0.494 e. The van der Waals surface area contributed by atoms with Crippen LogP contribution in [0.25, 0.3) is 0 Å². The number of hydrogen-bond acceptors (Lipinski definition) is 4. The highest BCUT2D eigenvalue weighted by atomic mass is 32.2. The van der Waals surface area contributed by atoms with E-state index < -0.39 is 28.3 Å². The number of primary sulfonamides is 1. The van der Waals surface area contributed by atoms with Crippen molar-refractivity contribution in [3.05, 3.63) is 29.8 Å². The molecular formula is C13H20BNO4S. The van der Waals surface area contributed by atoms with Gasteiger partial charge in [0.25, 0.3) is 0 Å². The van der Waals surface area contributed by atoms with Crippen LogP contribution in [0.5, 0.6) is 0 Å². The summed E-state index contributed by atoms with van der Waals surface area (Å²) in [4.78, 5) is 0. The predicted molar refractivity (Wildman–Crippen MR) is 79.0 cm³/mol. The number of hydrogen-bond donors (Lipinski definition) is 1. The van der Waals surface area contributed by atoms with Crippen LogP contribution in [0, 0.1) is 0 Å². The molecule has 20 heavy (non-hydrogen) atoms. The minimum Gasteiger partial charge on any atom is -0.399 e. The summed E-state index contributed by atoms with van der Waals surface area (Å²) < 4.78 is 33.9. The quantitative estimate of drug-likeness (QED) is 0.836. The summed E-state index contributed by atoms with van der Waals surface area (Å²) >= 11 is 0. The molecule has 2 rings (SSSR count). The van der Waals surface area contributed by atoms with Crippen LogP contribution in [0.2, 0.25) is 0 Å². The van der Waals surface area contributed by atoms with Gasteiger partial charge < -0.3 is 9.31 Å². The molecule has 1 aliphatic heterocycles. The van der Waals surface area contributed by atoms with Gasteiger partial charge in [-0.1, -0.05) is 24.3 Å². The maximum atomic E-state index is 11.0. The molecule has 0 aromatic heterocycles. The van der Waals surface area contributed by atoms with E-state index >= 15 is 0 Å². The monoisotopic (exact) mass is 297 g/mol. The third-order valence-electron chi connectivity index (χ3n) is 3.87. The topological polar surface area (TPSA) is 78.6 Å². The molecule has 0 aliphatic carbocycles. The van der Waals surface area contributed by atoms with Crippen LogP contribution in [-0.2, 0) is 25.1 Å². The van der Waals surface area contributed by atoms with Gasteiger partial charge in [-0.15, -0.1) is 0 Å². The molecule has 110 valence electrons. The van der Waals surface area contributed by atoms with Crippen LogP contribution in [0.15, 0.2) is 24.3 Å². The van der Waals surface area contributed by atoms with Crippen LogP contribution >= 0.6 is 0 Å². The highest BCUT2D eigenvalue weighted by Gasteiger charge is 2.51. The Kier molecular flexibility index (Phi) is 3.75. The minimum absolute atomic E-state index is 0.170. The van der Waals surface area contributed by atoms with Gasteiger partial charge in [0.05, 0.1) is 17.0 Å². The Morgan fingerprint density at radius 1 is 1.05 bits per heavy atom. The summed E-state index contributed by atoms with van der Waals surface area (Å²) in [6.45, 7) is 7.95. The summed E-state index contributed by atoms with van der Waals surface area (Å²) in [7, 11) is -3.95. The second-order valence-corrected chi connectivity index (χ2v) is 7.75. The molecule has 0 saturated carbocycles. The molecule has 7 heteroatoms. The van der Waals surface area contributed by atoms with Crippen LogP contribution in [0.1, 0.15) is 33.3 Å². The van der Waals surface area contributed by atoms with Crippen molar-refractivity contribution in [1.29, 1.82) is 0 Å². The van der Waals surface area contributed by atoms with E-state index in [2.05, 4.69) is 0 Å². The standard InChI is InChI=1S/C13H20BNO4S/c1-12(2)13(3,4)19-14(18-12)11-7-5-10(6-8-11)9-20(15,16)17/h5-8H,9H2,1-4H3,(H2,15,16,17). The van der Waals surface area contributed by atoms with Gasteiger partial charge in [-0.25, -0.2) is 13.6 Å². The third kappa shape index (κ3) is 3.23. The Balaban J connectivity index is 2.16. The molecule has 0 spiro atoms. The highest BCUT2D eigenvalue weighted by molar-refractivity contribution is 7.88. The molecule has 2 N–H and O–H groups in total. The summed E-state index contributed by atoms with van der Waals surface area (Å²) in [6, 6.07) is 7.07. The fourth-order valence-electron chi connectivity index (χ4n) is 1.98. The number of sulfonamides is 1. The lowest BCUT2D eigenvalue weighted by molar-refractivity contribution is 0.00578. The van der Waals surface area contributed by atoms with Crippen LogP contribution in [-0.4, -0.2) is 26.7 Å². The van der Waals surface area contributed by atoms with Crippen LogP contribution < -0.4 is 10.6 Å². The van der Waals surface area contributed by atoms with Gasteiger partial charge >= 0.3 is 7.12 Å². The van der Waals surface area contributed by atoms with Gasteiger partial charge in [0.1, 0.15) is 0 Å². The lowest BCUT2D eigenvalue weighted by Crippen LogP contribution is -2.41. The second kappa shape index (κ2) is 4.84. The van der Waals surface area contributed by atoms with E-state index in [9.17, 15) is 8.42 Å². The summed E-state index contributed by atoms with van der Waals surface area (Å²) in [5.41, 5.74) is 0.725. The fraction of sp³-hybridized carbons (Fsp3) is 0.538. The van der Waals surface area contributed by atoms with E-state index in [1.54, 1.807) is 12.1 Å². The first kappa shape index (κ1) is 15.5. The molecule has 1 saturated heterocycles. The van der Waals surface area contributed by atoms with E-state index in [4.69, 9.17) is 14.4 Å².